The molecule has 0 saturated heterocycles. The molecule has 2 heterocycles. The van der Waals surface area contributed by atoms with Gasteiger partial charge in [-0.1, -0.05) is 24.0 Å². The lowest BCUT2D eigenvalue weighted by Crippen LogP contribution is -2.28. The van der Waals surface area contributed by atoms with E-state index in [1.807, 2.05) is 43.3 Å². The smallest absolute Gasteiger partial charge is 0.267 e. The molecular weight excluding hydrogens is 394 g/mol. The van der Waals surface area contributed by atoms with E-state index in [1.54, 1.807) is 24.0 Å². The lowest BCUT2D eigenvalue weighted by molar-refractivity contribution is -0.129. The molecule has 0 saturated carbocycles. The SMILES string of the molecule is Cc1ccnn1-c1cc(C(N)=O)nc(-c2cccc(C#CCC(=O)N(C)CCO)c2)c1. The number of hydrogen-bond acceptors (Lipinski definition) is 5. The summed E-state index contributed by atoms with van der Waals surface area (Å²) in [7, 11) is 1.62. The third-order valence-electron chi connectivity index (χ3n) is 4.63. The summed E-state index contributed by atoms with van der Waals surface area (Å²) in [5.41, 5.74) is 9.22. The fourth-order valence-electron chi connectivity index (χ4n) is 2.94. The Morgan fingerprint density at radius 3 is 2.71 bits per heavy atom. The topological polar surface area (TPSA) is 114 Å². The van der Waals surface area contributed by atoms with Gasteiger partial charge in [-0.25, -0.2) is 9.67 Å². The number of aliphatic hydroxyl groups is 1. The molecule has 0 radical (unpaired) electrons. The van der Waals surface area contributed by atoms with Crippen LogP contribution < -0.4 is 5.73 Å². The number of nitrogens with two attached hydrogens (primary N) is 1. The summed E-state index contributed by atoms with van der Waals surface area (Å²) in [6, 6.07) is 12.6. The van der Waals surface area contributed by atoms with Crippen molar-refractivity contribution in [3.63, 3.8) is 0 Å². The molecule has 8 nitrogen and oxygen atoms in total. The average molecular weight is 417 g/mol. The first-order valence-corrected chi connectivity index (χ1v) is 9.66. The second kappa shape index (κ2) is 9.69. The zero-order chi connectivity index (χ0) is 22.4. The van der Waals surface area contributed by atoms with Crippen molar-refractivity contribution >= 4 is 11.8 Å². The third kappa shape index (κ3) is 5.35. The summed E-state index contributed by atoms with van der Waals surface area (Å²) in [6.07, 6.45) is 1.73. The van der Waals surface area contributed by atoms with Gasteiger partial charge in [0.05, 0.1) is 24.4 Å². The van der Waals surface area contributed by atoms with Crippen LogP contribution in [0.3, 0.4) is 0 Å². The van der Waals surface area contributed by atoms with Crippen molar-refractivity contribution in [3.8, 4) is 28.8 Å². The van der Waals surface area contributed by atoms with Crippen molar-refractivity contribution in [3.05, 3.63) is 65.6 Å². The number of amides is 2. The van der Waals surface area contributed by atoms with E-state index in [0.717, 1.165) is 11.3 Å². The maximum absolute atomic E-state index is 11.9. The number of rotatable bonds is 6. The van der Waals surface area contributed by atoms with Gasteiger partial charge in [-0.05, 0) is 37.3 Å². The number of nitrogens with zero attached hydrogens (tertiary/aromatic N) is 4. The van der Waals surface area contributed by atoms with Crippen LogP contribution in [0.1, 0.15) is 28.2 Å². The van der Waals surface area contributed by atoms with Crippen molar-refractivity contribution in [2.75, 3.05) is 20.2 Å². The molecule has 0 spiro atoms. The lowest BCUT2D eigenvalue weighted by Gasteiger charge is -2.13. The maximum Gasteiger partial charge on any atom is 0.267 e. The summed E-state index contributed by atoms with van der Waals surface area (Å²) in [4.78, 5) is 29.6. The highest BCUT2D eigenvalue weighted by Gasteiger charge is 2.12. The van der Waals surface area contributed by atoms with Crippen LogP contribution in [0.5, 0.6) is 0 Å². The van der Waals surface area contributed by atoms with Crippen LogP contribution >= 0.6 is 0 Å². The zero-order valence-electron chi connectivity index (χ0n) is 17.4. The van der Waals surface area contributed by atoms with Gasteiger partial charge in [-0.3, -0.25) is 9.59 Å². The van der Waals surface area contributed by atoms with E-state index >= 15 is 0 Å². The highest BCUT2D eigenvalue weighted by atomic mass is 16.3. The molecule has 0 atom stereocenters. The monoisotopic (exact) mass is 417 g/mol. The van der Waals surface area contributed by atoms with Gasteiger partial charge in [-0.15, -0.1) is 0 Å². The zero-order valence-corrected chi connectivity index (χ0v) is 17.4. The second-order valence-corrected chi connectivity index (χ2v) is 6.94. The Morgan fingerprint density at radius 2 is 2.03 bits per heavy atom. The standard InChI is InChI=1S/C23H23N5O3/c1-16-9-10-25-28(16)19-14-20(26-21(15-19)23(24)31)18-7-3-5-17(13-18)6-4-8-22(30)27(2)11-12-29/h3,5,7,9-10,13-15,29H,8,11-12H2,1-2H3,(H2,24,31). The first kappa shape index (κ1) is 21.7. The molecule has 3 N–H and O–H groups in total. The quantitative estimate of drug-likeness (QED) is 0.591. The van der Waals surface area contributed by atoms with Gasteiger partial charge in [0, 0.05) is 36.6 Å². The van der Waals surface area contributed by atoms with Gasteiger partial charge in [0.1, 0.15) is 5.69 Å². The molecule has 0 fully saturated rings. The Kier molecular flexibility index (Phi) is 6.80. The van der Waals surface area contributed by atoms with Crippen LogP contribution in [0.2, 0.25) is 0 Å². The van der Waals surface area contributed by atoms with Crippen LogP contribution in [0.4, 0.5) is 0 Å². The number of aryl methyl sites for hydroxylation is 1. The number of carbonyl (C=O) groups excluding carboxylic acids is 2. The molecule has 2 amide bonds. The van der Waals surface area contributed by atoms with Crippen LogP contribution in [0.15, 0.2) is 48.7 Å². The molecule has 0 bridgehead atoms. The Balaban J connectivity index is 1.91. The van der Waals surface area contributed by atoms with Gasteiger partial charge in [0.2, 0.25) is 5.91 Å². The molecule has 8 heteroatoms. The van der Waals surface area contributed by atoms with E-state index in [0.29, 0.717) is 16.9 Å². The number of likely N-dealkylation sites (N-methyl/N-ethyl adjacent to an activating group) is 1. The van der Waals surface area contributed by atoms with E-state index in [-0.39, 0.29) is 31.2 Å². The Morgan fingerprint density at radius 1 is 1.23 bits per heavy atom. The molecule has 3 aromatic rings. The predicted molar refractivity (Wildman–Crippen MR) is 116 cm³/mol. The molecule has 2 aromatic heterocycles. The number of carbonyl (C=O) groups is 2. The first-order chi connectivity index (χ1) is 14.9. The fraction of sp³-hybridized carbons (Fsp3) is 0.217. The minimum absolute atomic E-state index is 0.0544. The highest BCUT2D eigenvalue weighted by molar-refractivity contribution is 5.92. The van der Waals surface area contributed by atoms with Gasteiger partial charge < -0.3 is 15.7 Å². The van der Waals surface area contributed by atoms with Crippen LogP contribution in [-0.4, -0.2) is 56.8 Å². The van der Waals surface area contributed by atoms with E-state index in [4.69, 9.17) is 10.8 Å². The maximum atomic E-state index is 11.9. The average Bonchev–Trinajstić information content (AvgIpc) is 3.19. The summed E-state index contributed by atoms with van der Waals surface area (Å²) in [6.45, 7) is 2.09. The Labute approximate surface area is 180 Å². The number of hydrogen-bond donors (Lipinski definition) is 2. The van der Waals surface area contributed by atoms with Crippen LogP contribution in [-0.2, 0) is 4.79 Å². The Hall–Kier alpha value is -3.96. The summed E-state index contributed by atoms with van der Waals surface area (Å²) in [5.74, 6) is 5.04. The van der Waals surface area contributed by atoms with Crippen LogP contribution in [0.25, 0.3) is 16.9 Å². The largest absolute Gasteiger partial charge is 0.395 e. The minimum atomic E-state index is -0.630. The number of pyridine rings is 1. The van der Waals surface area contributed by atoms with Crippen LogP contribution in [0, 0.1) is 18.8 Å². The normalized spacial score (nSPS) is 10.3. The van der Waals surface area contributed by atoms with E-state index in [1.165, 1.54) is 4.90 Å². The summed E-state index contributed by atoms with van der Waals surface area (Å²) >= 11 is 0. The van der Waals surface area contributed by atoms with Crippen molar-refractivity contribution in [1.29, 1.82) is 0 Å². The minimum Gasteiger partial charge on any atom is -0.395 e. The molecule has 31 heavy (non-hydrogen) atoms. The number of benzene rings is 1. The first-order valence-electron chi connectivity index (χ1n) is 9.66. The fourth-order valence-corrected chi connectivity index (χ4v) is 2.94. The number of primary amides is 1. The van der Waals surface area contributed by atoms with Crippen molar-refractivity contribution < 1.29 is 14.7 Å². The molecular formula is C23H23N5O3. The highest BCUT2D eigenvalue weighted by Crippen LogP contribution is 2.23. The molecule has 3 rings (SSSR count). The molecule has 1 aromatic carbocycles. The van der Waals surface area contributed by atoms with Crippen molar-refractivity contribution in [2.45, 2.75) is 13.3 Å². The van der Waals surface area contributed by atoms with Gasteiger partial charge in [-0.2, -0.15) is 5.10 Å². The summed E-state index contributed by atoms with van der Waals surface area (Å²) in [5, 5.41) is 13.2. The van der Waals surface area contributed by atoms with E-state index in [9.17, 15) is 9.59 Å². The molecule has 0 unspecified atom stereocenters. The van der Waals surface area contributed by atoms with Gasteiger partial charge in [0.25, 0.3) is 5.91 Å². The molecule has 0 aliphatic rings. The van der Waals surface area contributed by atoms with Gasteiger partial charge in [0.15, 0.2) is 0 Å². The second-order valence-electron chi connectivity index (χ2n) is 6.94. The lowest BCUT2D eigenvalue weighted by atomic mass is 10.1. The number of aromatic nitrogens is 3. The molecule has 0 aliphatic heterocycles. The van der Waals surface area contributed by atoms with Gasteiger partial charge >= 0.3 is 0 Å². The Bertz CT molecular complexity index is 1170. The van der Waals surface area contributed by atoms with E-state index < -0.39 is 5.91 Å². The molecule has 158 valence electrons. The third-order valence-corrected chi connectivity index (χ3v) is 4.63. The molecule has 0 aliphatic carbocycles. The predicted octanol–water partition coefficient (Wildman–Crippen LogP) is 1.53. The summed E-state index contributed by atoms with van der Waals surface area (Å²) < 4.78 is 1.70. The number of aliphatic hydroxyl groups excluding tert-OH is 1. The van der Waals surface area contributed by atoms with Crippen molar-refractivity contribution in [2.24, 2.45) is 5.73 Å². The van der Waals surface area contributed by atoms with Crippen molar-refractivity contribution in [1.82, 2.24) is 19.7 Å². The van der Waals surface area contributed by atoms with E-state index in [2.05, 4.69) is 21.9 Å².